The van der Waals surface area contributed by atoms with Crippen molar-refractivity contribution in [1.82, 2.24) is 0 Å². The Balaban J connectivity index is 1.33. The van der Waals surface area contributed by atoms with Crippen LogP contribution in [0.1, 0.15) is 11.1 Å². The Labute approximate surface area is 185 Å². The lowest BCUT2D eigenvalue weighted by molar-refractivity contribution is 0.195. The van der Waals surface area contributed by atoms with Crippen LogP contribution < -0.4 is 0 Å². The van der Waals surface area contributed by atoms with E-state index in [4.69, 9.17) is 4.74 Å². The van der Waals surface area contributed by atoms with Crippen LogP contribution >= 0.6 is 0 Å². The van der Waals surface area contributed by atoms with Gasteiger partial charge in [0.1, 0.15) is 0 Å². The molecule has 0 aliphatic heterocycles. The summed E-state index contributed by atoms with van der Waals surface area (Å²) in [4.78, 5) is 0. The van der Waals surface area contributed by atoms with Crippen LogP contribution in [0.2, 0.25) is 0 Å². The van der Waals surface area contributed by atoms with E-state index in [2.05, 4.69) is 121 Å². The van der Waals surface area contributed by atoms with Crippen molar-refractivity contribution >= 4 is 12.2 Å². The van der Waals surface area contributed by atoms with Gasteiger partial charge in [0.15, 0.2) is 0 Å². The number of hydrogen-bond donors (Lipinski definition) is 0. The lowest BCUT2D eigenvalue weighted by atomic mass is 9.99. The summed E-state index contributed by atoms with van der Waals surface area (Å²) in [5, 5.41) is 0. The van der Waals surface area contributed by atoms with E-state index in [1.165, 1.54) is 33.4 Å². The van der Waals surface area contributed by atoms with Gasteiger partial charge in [-0.2, -0.15) is 0 Å². The maximum atomic E-state index is 5.79. The van der Waals surface area contributed by atoms with Crippen molar-refractivity contribution < 1.29 is 4.74 Å². The molecule has 4 aromatic carbocycles. The molecule has 0 heterocycles. The highest BCUT2D eigenvalue weighted by molar-refractivity contribution is 5.76. The van der Waals surface area contributed by atoms with E-state index in [1.807, 2.05) is 12.1 Å². The number of hydrogen-bond acceptors (Lipinski definition) is 1. The maximum absolute atomic E-state index is 5.79. The van der Waals surface area contributed by atoms with E-state index >= 15 is 0 Å². The molecule has 0 radical (unpaired) electrons. The third-order valence-electron chi connectivity index (χ3n) is 5.11. The van der Waals surface area contributed by atoms with Crippen LogP contribution in [-0.2, 0) is 4.74 Å². The van der Waals surface area contributed by atoms with Crippen molar-refractivity contribution in [1.29, 1.82) is 0 Å². The quantitative estimate of drug-likeness (QED) is 0.274. The SMILES string of the molecule is C(=Cc1ccccc1-c1ccccc1)COCC=Cc1ccccc1-c1ccccc1. The fourth-order valence-electron chi connectivity index (χ4n) is 3.60. The van der Waals surface area contributed by atoms with Gasteiger partial charge in [-0.3, -0.25) is 0 Å². The average molecular weight is 403 g/mol. The smallest absolute Gasteiger partial charge is 0.0655 e. The summed E-state index contributed by atoms with van der Waals surface area (Å²) < 4.78 is 5.79. The van der Waals surface area contributed by atoms with E-state index < -0.39 is 0 Å². The Morgan fingerprint density at radius 3 is 1.29 bits per heavy atom. The Bertz CT molecular complexity index is 1050. The van der Waals surface area contributed by atoms with E-state index in [-0.39, 0.29) is 0 Å². The molecule has 0 amide bonds. The molecule has 0 saturated heterocycles. The monoisotopic (exact) mass is 402 g/mol. The van der Waals surface area contributed by atoms with E-state index in [1.54, 1.807) is 0 Å². The van der Waals surface area contributed by atoms with Crippen molar-refractivity contribution in [2.75, 3.05) is 13.2 Å². The van der Waals surface area contributed by atoms with Gasteiger partial charge in [-0.1, -0.05) is 133 Å². The first-order valence-corrected chi connectivity index (χ1v) is 10.6. The molecule has 0 spiro atoms. The molecule has 4 aromatic rings. The fourth-order valence-corrected chi connectivity index (χ4v) is 3.60. The largest absolute Gasteiger partial charge is 0.373 e. The molecule has 31 heavy (non-hydrogen) atoms. The lowest BCUT2D eigenvalue weighted by Gasteiger charge is -2.06. The highest BCUT2D eigenvalue weighted by atomic mass is 16.5. The van der Waals surface area contributed by atoms with Gasteiger partial charge in [0.25, 0.3) is 0 Å². The Morgan fingerprint density at radius 1 is 0.452 bits per heavy atom. The molecular formula is C30H26O. The zero-order valence-corrected chi connectivity index (χ0v) is 17.5. The van der Waals surface area contributed by atoms with Gasteiger partial charge in [0.2, 0.25) is 0 Å². The summed E-state index contributed by atoms with van der Waals surface area (Å²) in [5.41, 5.74) is 7.31. The minimum Gasteiger partial charge on any atom is -0.373 e. The molecule has 0 aromatic heterocycles. The van der Waals surface area contributed by atoms with Crippen molar-refractivity contribution in [2.45, 2.75) is 0 Å². The molecule has 0 aliphatic rings. The van der Waals surface area contributed by atoms with Crippen LogP contribution in [0.3, 0.4) is 0 Å². The minimum absolute atomic E-state index is 0.577. The van der Waals surface area contributed by atoms with Crippen LogP contribution in [-0.4, -0.2) is 13.2 Å². The van der Waals surface area contributed by atoms with Crippen molar-refractivity contribution in [3.05, 3.63) is 132 Å². The second-order valence-electron chi connectivity index (χ2n) is 7.25. The molecule has 0 atom stereocenters. The molecule has 0 fully saturated rings. The van der Waals surface area contributed by atoms with E-state index in [0.29, 0.717) is 13.2 Å². The molecule has 152 valence electrons. The summed E-state index contributed by atoms with van der Waals surface area (Å²) in [6.07, 6.45) is 8.43. The van der Waals surface area contributed by atoms with Gasteiger partial charge in [-0.25, -0.2) is 0 Å². The summed E-state index contributed by atoms with van der Waals surface area (Å²) in [6.45, 7) is 1.15. The van der Waals surface area contributed by atoms with Gasteiger partial charge in [0.05, 0.1) is 13.2 Å². The Kier molecular flexibility index (Phi) is 7.25. The molecular weight excluding hydrogens is 376 g/mol. The second kappa shape index (κ2) is 10.9. The lowest BCUT2D eigenvalue weighted by Crippen LogP contribution is -1.91. The zero-order valence-electron chi connectivity index (χ0n) is 17.5. The topological polar surface area (TPSA) is 9.23 Å². The van der Waals surface area contributed by atoms with Gasteiger partial charge in [-0.15, -0.1) is 0 Å². The third kappa shape index (κ3) is 5.69. The Hall–Kier alpha value is -3.68. The van der Waals surface area contributed by atoms with Gasteiger partial charge in [-0.05, 0) is 33.4 Å². The molecule has 0 unspecified atom stereocenters. The predicted octanol–water partition coefficient (Wildman–Crippen LogP) is 7.76. The summed E-state index contributed by atoms with van der Waals surface area (Å²) >= 11 is 0. The second-order valence-corrected chi connectivity index (χ2v) is 7.25. The summed E-state index contributed by atoms with van der Waals surface area (Å²) in [7, 11) is 0. The highest BCUT2D eigenvalue weighted by Crippen LogP contribution is 2.25. The molecule has 1 heteroatoms. The molecule has 0 N–H and O–H groups in total. The molecule has 0 bridgehead atoms. The van der Waals surface area contributed by atoms with Gasteiger partial charge in [0, 0.05) is 0 Å². The normalized spacial score (nSPS) is 11.4. The first kappa shape index (κ1) is 20.6. The predicted molar refractivity (Wildman–Crippen MR) is 133 cm³/mol. The van der Waals surface area contributed by atoms with Gasteiger partial charge >= 0.3 is 0 Å². The standard InChI is InChI=1S/C30H26O/c1-3-13-25(14-4-1)29-21-9-7-17-27(29)19-11-23-31-24-12-20-28-18-8-10-22-30(28)26-15-5-2-6-16-26/h1-22H,23-24H2. The average Bonchev–Trinajstić information content (AvgIpc) is 2.85. The van der Waals surface area contributed by atoms with Crippen molar-refractivity contribution in [2.24, 2.45) is 0 Å². The number of benzene rings is 4. The van der Waals surface area contributed by atoms with Crippen LogP contribution in [0.4, 0.5) is 0 Å². The van der Waals surface area contributed by atoms with Crippen LogP contribution in [0, 0.1) is 0 Å². The Morgan fingerprint density at radius 2 is 0.839 bits per heavy atom. The van der Waals surface area contributed by atoms with Crippen molar-refractivity contribution in [3.8, 4) is 22.3 Å². The third-order valence-corrected chi connectivity index (χ3v) is 5.11. The number of ether oxygens (including phenoxy) is 1. The van der Waals surface area contributed by atoms with Crippen LogP contribution in [0.15, 0.2) is 121 Å². The highest BCUT2D eigenvalue weighted by Gasteiger charge is 2.02. The molecule has 0 saturated carbocycles. The fraction of sp³-hybridized carbons (Fsp3) is 0.0667. The number of rotatable bonds is 8. The maximum Gasteiger partial charge on any atom is 0.0655 e. The summed E-state index contributed by atoms with van der Waals surface area (Å²) in [5.74, 6) is 0. The minimum atomic E-state index is 0.577. The van der Waals surface area contributed by atoms with E-state index in [0.717, 1.165) is 0 Å². The molecule has 4 rings (SSSR count). The van der Waals surface area contributed by atoms with Crippen molar-refractivity contribution in [3.63, 3.8) is 0 Å². The first-order chi connectivity index (χ1) is 15.4. The van der Waals surface area contributed by atoms with Crippen LogP contribution in [0.25, 0.3) is 34.4 Å². The first-order valence-electron chi connectivity index (χ1n) is 10.6. The zero-order chi connectivity index (χ0) is 21.1. The molecule has 1 nitrogen and oxygen atoms in total. The molecule has 0 aliphatic carbocycles. The van der Waals surface area contributed by atoms with Gasteiger partial charge < -0.3 is 4.74 Å². The summed E-state index contributed by atoms with van der Waals surface area (Å²) in [6, 6.07) is 37.8. The van der Waals surface area contributed by atoms with Crippen LogP contribution in [0.5, 0.6) is 0 Å². The van der Waals surface area contributed by atoms with E-state index in [9.17, 15) is 0 Å².